The summed E-state index contributed by atoms with van der Waals surface area (Å²) in [7, 11) is -8.80. The second-order valence-electron chi connectivity index (χ2n) is 18.3. The monoisotopic (exact) mass is 1100 g/mol. The van der Waals surface area contributed by atoms with Crippen molar-refractivity contribution in [1.29, 1.82) is 0 Å². The highest BCUT2D eigenvalue weighted by atomic mass is 35.5. The van der Waals surface area contributed by atoms with E-state index in [0.29, 0.717) is 12.3 Å². The molecule has 2 N–H and O–H groups in total. The molecule has 15 nitrogen and oxygen atoms in total. The number of alkyl halides is 8. The number of pyridine rings is 1. The van der Waals surface area contributed by atoms with Crippen LogP contribution in [-0.4, -0.2) is 87.7 Å². The first-order valence-electron chi connectivity index (χ1n) is 21.5. The number of nitrogens with zero attached hydrogens (tertiary/aromatic N) is 6. The normalized spacial score (nSPS) is 19.2. The molecule has 392 valence electrons. The number of carbonyl (C=O) groups excluding carboxylic acids is 2. The van der Waals surface area contributed by atoms with Gasteiger partial charge in [0.1, 0.15) is 40.9 Å². The van der Waals surface area contributed by atoms with E-state index in [9.17, 15) is 71.4 Å². The largest absolute Gasteiger partial charge is 0.481 e. The molecule has 2 aliphatic rings. The van der Waals surface area contributed by atoms with Crippen LogP contribution >= 0.6 is 11.6 Å². The molecule has 1 saturated carbocycles. The van der Waals surface area contributed by atoms with Gasteiger partial charge in [-0.15, -0.1) is 0 Å². The molecule has 7 rings (SSSR count). The van der Waals surface area contributed by atoms with E-state index in [2.05, 4.69) is 32.3 Å². The van der Waals surface area contributed by atoms with Gasteiger partial charge in [0.2, 0.25) is 21.8 Å². The van der Waals surface area contributed by atoms with E-state index in [4.69, 9.17) is 11.6 Å². The van der Waals surface area contributed by atoms with Crippen LogP contribution in [0.1, 0.15) is 80.0 Å². The Labute approximate surface area is 413 Å². The molecule has 2 aromatic carbocycles. The van der Waals surface area contributed by atoms with Crippen molar-refractivity contribution in [3.63, 3.8) is 0 Å². The minimum absolute atomic E-state index is 0.00956. The van der Waals surface area contributed by atoms with Crippen LogP contribution in [-0.2, 0) is 65.9 Å². The third-order valence-corrected chi connectivity index (χ3v) is 15.9. The zero-order chi connectivity index (χ0) is 54.5. The Kier molecular flexibility index (Phi) is 13.9. The molecule has 0 bridgehead atoms. The number of aliphatic carboxylic acids is 1. The fourth-order valence-electron chi connectivity index (χ4n) is 8.49. The predicted octanol–water partition coefficient (Wildman–Crippen LogP) is 7.94. The molecule has 0 aliphatic heterocycles. The van der Waals surface area contributed by atoms with Crippen LogP contribution in [0.5, 0.6) is 0 Å². The summed E-state index contributed by atoms with van der Waals surface area (Å²) >= 11 is 6.61. The van der Waals surface area contributed by atoms with Crippen LogP contribution in [0.4, 0.5) is 49.7 Å². The summed E-state index contributed by atoms with van der Waals surface area (Å²) in [6, 6.07) is 4.57. The number of hydrogen-bond donors (Lipinski definition) is 2. The van der Waals surface area contributed by atoms with Gasteiger partial charge in [-0.3, -0.25) is 23.7 Å². The number of anilines is 1. The lowest BCUT2D eigenvalue weighted by molar-refractivity contribution is -0.143. The zero-order valence-electron chi connectivity index (χ0n) is 38.7. The number of benzene rings is 2. The Morgan fingerprint density at radius 1 is 0.932 bits per heavy atom. The number of carbonyl (C=O) groups is 3. The number of halogens is 11. The van der Waals surface area contributed by atoms with Crippen molar-refractivity contribution < 1.29 is 80.2 Å². The van der Waals surface area contributed by atoms with Crippen molar-refractivity contribution in [1.82, 2.24) is 29.9 Å². The number of sulfone groups is 1. The van der Waals surface area contributed by atoms with Gasteiger partial charge in [-0.2, -0.15) is 49.6 Å². The number of carboxylic acid groups (broad SMARTS) is 1. The topological polar surface area (TPSA) is 204 Å². The van der Waals surface area contributed by atoms with Crippen LogP contribution < -0.4 is 9.62 Å². The maximum absolute atomic E-state index is 15.8. The van der Waals surface area contributed by atoms with Gasteiger partial charge in [0, 0.05) is 34.9 Å². The molecular formula is C45H40ClF10N7O8S2. The molecule has 1 fully saturated rings. The van der Waals surface area contributed by atoms with E-state index in [1.165, 1.54) is 13.8 Å². The first kappa shape index (κ1) is 54.5. The van der Waals surface area contributed by atoms with Gasteiger partial charge in [-0.1, -0.05) is 37.4 Å². The minimum Gasteiger partial charge on any atom is -0.481 e. The average Bonchev–Trinajstić information content (AvgIpc) is 3.79. The van der Waals surface area contributed by atoms with Gasteiger partial charge in [0.25, 0.3) is 5.92 Å². The summed E-state index contributed by atoms with van der Waals surface area (Å²) in [4.78, 5) is 44.3. The molecule has 73 heavy (non-hydrogen) atoms. The lowest BCUT2D eigenvalue weighted by Crippen LogP contribution is -2.38. The number of fused-ring (bicyclic) bond motifs is 2. The van der Waals surface area contributed by atoms with Gasteiger partial charge in [0.15, 0.2) is 21.3 Å². The van der Waals surface area contributed by atoms with Crippen LogP contribution in [0.3, 0.4) is 0 Å². The maximum atomic E-state index is 15.8. The van der Waals surface area contributed by atoms with Crippen molar-refractivity contribution in [2.75, 3.05) is 16.8 Å². The first-order chi connectivity index (χ1) is 33.4. The molecule has 28 heteroatoms. The summed E-state index contributed by atoms with van der Waals surface area (Å²) in [6.07, 6.45) is -10.2. The van der Waals surface area contributed by atoms with Gasteiger partial charge in [-0.25, -0.2) is 30.6 Å². The predicted molar refractivity (Wildman–Crippen MR) is 241 cm³/mol. The maximum Gasteiger partial charge on any atom is 0.435 e. The Bertz CT molecular complexity index is 3400. The van der Waals surface area contributed by atoms with E-state index >= 15 is 8.78 Å². The Morgan fingerprint density at radius 3 is 2.10 bits per heavy atom. The molecule has 0 radical (unpaired) electrons. The number of amides is 2. The van der Waals surface area contributed by atoms with Gasteiger partial charge >= 0.3 is 18.3 Å². The third-order valence-electron chi connectivity index (χ3n) is 12.6. The van der Waals surface area contributed by atoms with Crippen LogP contribution in [0.2, 0.25) is 5.02 Å². The Balaban J connectivity index is 1.50. The summed E-state index contributed by atoms with van der Waals surface area (Å²) in [5, 5.41) is 18.1. The van der Waals surface area contributed by atoms with Gasteiger partial charge in [0.05, 0.1) is 45.8 Å². The van der Waals surface area contributed by atoms with Gasteiger partial charge < -0.3 is 10.4 Å². The fraction of sp³-hybridized carbons (Fsp3) is 0.422. The lowest BCUT2D eigenvalue weighted by atomic mass is 9.93. The molecule has 0 spiro atoms. The lowest BCUT2D eigenvalue weighted by Gasteiger charge is -2.24. The molecule has 5 atom stereocenters. The highest BCUT2D eigenvalue weighted by Gasteiger charge is 2.58. The Morgan fingerprint density at radius 2 is 1.55 bits per heavy atom. The van der Waals surface area contributed by atoms with E-state index in [1.54, 1.807) is 0 Å². The number of hydrogen-bond acceptors (Lipinski definition) is 10. The second kappa shape index (κ2) is 18.6. The highest BCUT2D eigenvalue weighted by Crippen LogP contribution is 2.55. The minimum atomic E-state index is -5.27. The molecule has 5 aromatic rings. The van der Waals surface area contributed by atoms with E-state index in [1.807, 2.05) is 0 Å². The van der Waals surface area contributed by atoms with Crippen LogP contribution in [0.25, 0.3) is 22.0 Å². The molecule has 3 heterocycles. The van der Waals surface area contributed by atoms with Gasteiger partial charge in [-0.05, 0) is 74.4 Å². The van der Waals surface area contributed by atoms with Crippen molar-refractivity contribution in [3.8, 4) is 23.0 Å². The van der Waals surface area contributed by atoms with Crippen LogP contribution in [0, 0.1) is 41.2 Å². The molecule has 3 aromatic heterocycles. The highest BCUT2D eigenvalue weighted by molar-refractivity contribution is 7.93. The van der Waals surface area contributed by atoms with E-state index < -0.39 is 171 Å². The SMILES string of the molecule is C[C@@H]1c2c(C(F)(F)F)nn(CC(=O)N[C@@H](Cc3cc(F)cc(F)c3)c3nc(C#CC(C)(C)S(C)(=O)=O)ccc3-c3ccc(Cl)c4c(N(C(=O)[C@H]5C[C@H]5C(=O)O)S(C)(=O)=O)nn(CC(F)(F)F)c34)c2C(F)(F)[C@@H]1C. The number of aromatic nitrogens is 5. The molecule has 0 saturated heterocycles. The average molecular weight is 1100 g/mol. The zero-order valence-corrected chi connectivity index (χ0v) is 41.1. The first-order valence-corrected chi connectivity index (χ1v) is 25.6. The standard InChI is InChI=1S/C45H40ClF10N7O8S2/c1-20-21(2)44(52,53)38-33(20)37(45(54,55)56)59-61(38)18-32(64)58-31(15-22-13-23(47)16-24(48)14-22)35-26(8-7-25(57-35)11-12-42(3,4)72(5,68)69)27-9-10-30(46)34-36(27)62(19-43(49,50)51)60-39(34)63(73(6,70)71)40(65)28-17-29(28)41(66)67/h7-10,13-14,16,20-21,28-29,31H,15,17-19H2,1-6H3,(H,58,64)(H,66,67)/t20-,21+,28-,29+,31-/m0/s1. The summed E-state index contributed by atoms with van der Waals surface area (Å²) < 4.78 is 198. The second-order valence-corrected chi connectivity index (χ2v) is 23.1. The third kappa shape index (κ3) is 10.7. The quantitative estimate of drug-likeness (QED) is 0.0856. The molecule has 2 aliphatic carbocycles. The number of sulfonamides is 1. The number of carboxylic acids is 1. The molecule has 0 unspecified atom stereocenters. The van der Waals surface area contributed by atoms with Crippen LogP contribution in [0.15, 0.2) is 42.5 Å². The summed E-state index contributed by atoms with van der Waals surface area (Å²) in [5.41, 5.74) is -6.30. The summed E-state index contributed by atoms with van der Waals surface area (Å²) in [5.74, 6) is -12.4. The van der Waals surface area contributed by atoms with Crippen molar-refractivity contribution in [3.05, 3.63) is 93.0 Å². The fourth-order valence-corrected chi connectivity index (χ4v) is 9.86. The number of nitrogens with one attached hydrogen (secondary N) is 1. The summed E-state index contributed by atoms with van der Waals surface area (Å²) in [6.45, 7) is 1.20. The van der Waals surface area contributed by atoms with Crippen molar-refractivity contribution >= 4 is 66.0 Å². The van der Waals surface area contributed by atoms with Crippen molar-refractivity contribution in [2.24, 2.45) is 17.8 Å². The Hall–Kier alpha value is -6.27. The molecular weight excluding hydrogens is 1060 g/mol. The van der Waals surface area contributed by atoms with E-state index in [0.717, 1.165) is 56.5 Å². The molecule has 2 amide bonds. The smallest absolute Gasteiger partial charge is 0.435 e. The number of rotatable bonds is 13. The van der Waals surface area contributed by atoms with Crippen molar-refractivity contribution in [2.45, 2.75) is 88.6 Å². The van der Waals surface area contributed by atoms with E-state index in [-0.39, 0.29) is 36.9 Å².